The van der Waals surface area contributed by atoms with Gasteiger partial charge in [0.25, 0.3) is 11.7 Å². The molecule has 0 aliphatic heterocycles. The molecule has 0 bridgehead atoms. The summed E-state index contributed by atoms with van der Waals surface area (Å²) >= 11 is 7.94. The molecule has 0 amide bonds. The molecule has 0 saturated carbocycles. The molecule has 0 fully saturated rings. The summed E-state index contributed by atoms with van der Waals surface area (Å²) in [5, 5.41) is -1.42. The Hall–Kier alpha value is -0.960. The highest BCUT2D eigenvalue weighted by Crippen LogP contribution is 2.36. The van der Waals surface area contributed by atoms with Crippen LogP contribution in [0.5, 0.6) is 5.88 Å². The van der Waals surface area contributed by atoms with Gasteiger partial charge in [0.1, 0.15) is 0 Å². The minimum atomic E-state index is -5.17. The van der Waals surface area contributed by atoms with Crippen molar-refractivity contribution in [3.8, 4) is 5.88 Å². The topological polar surface area (TPSA) is 39.2 Å². The molecule has 0 saturated heterocycles. The Labute approximate surface area is 116 Å². The van der Waals surface area contributed by atoms with Crippen LogP contribution in [0.3, 0.4) is 0 Å². The second kappa shape index (κ2) is 6.00. The third-order valence-electron chi connectivity index (χ3n) is 1.97. The molecular weight excluding hydrogens is 364 g/mol. The van der Waals surface area contributed by atoms with Crippen molar-refractivity contribution in [2.45, 2.75) is 18.1 Å². The van der Waals surface area contributed by atoms with Crippen LogP contribution < -0.4 is 4.74 Å². The summed E-state index contributed by atoms with van der Waals surface area (Å²) in [5.41, 5.74) is -1.94. The van der Waals surface area contributed by atoms with Crippen molar-refractivity contribution < 1.29 is 31.5 Å². The molecule has 19 heavy (non-hydrogen) atoms. The standard InChI is InChI=1S/C9H4BrClF5NO2/c10-1-3-4(6(11)18)2-17-8(5(3)7(12)13)19-9(14,15)16/h2,7H,1H2. The minimum absolute atomic E-state index is 0.308. The van der Waals surface area contributed by atoms with Gasteiger partial charge in [-0.1, -0.05) is 15.9 Å². The summed E-state index contributed by atoms with van der Waals surface area (Å²) in [4.78, 5) is 14.1. The van der Waals surface area contributed by atoms with Crippen LogP contribution in [0.25, 0.3) is 0 Å². The lowest BCUT2D eigenvalue weighted by atomic mass is 10.1. The van der Waals surface area contributed by atoms with Crippen LogP contribution in [-0.4, -0.2) is 16.6 Å². The third kappa shape index (κ3) is 4.00. The zero-order chi connectivity index (χ0) is 14.8. The first-order valence-corrected chi connectivity index (χ1v) is 5.98. The van der Waals surface area contributed by atoms with E-state index in [0.29, 0.717) is 6.20 Å². The number of aromatic nitrogens is 1. The molecule has 1 aromatic heterocycles. The Morgan fingerprint density at radius 1 is 1.47 bits per heavy atom. The highest BCUT2D eigenvalue weighted by Gasteiger charge is 2.35. The van der Waals surface area contributed by atoms with Crippen LogP contribution in [0, 0.1) is 0 Å². The molecule has 0 aromatic carbocycles. The molecule has 0 aliphatic carbocycles. The van der Waals surface area contributed by atoms with E-state index in [-0.39, 0.29) is 5.33 Å². The zero-order valence-corrected chi connectivity index (χ0v) is 11.1. The highest BCUT2D eigenvalue weighted by molar-refractivity contribution is 9.08. The number of hydrogen-bond donors (Lipinski definition) is 0. The van der Waals surface area contributed by atoms with E-state index in [9.17, 15) is 26.7 Å². The maximum atomic E-state index is 12.8. The van der Waals surface area contributed by atoms with Crippen molar-refractivity contribution in [1.29, 1.82) is 0 Å². The van der Waals surface area contributed by atoms with Crippen molar-refractivity contribution in [1.82, 2.24) is 4.98 Å². The number of carbonyl (C=O) groups excluding carboxylic acids is 1. The molecule has 1 aromatic rings. The molecule has 0 atom stereocenters. The lowest BCUT2D eigenvalue weighted by Crippen LogP contribution is -2.20. The maximum absolute atomic E-state index is 12.8. The number of pyridine rings is 1. The highest BCUT2D eigenvalue weighted by atomic mass is 79.9. The van der Waals surface area contributed by atoms with Gasteiger partial charge in [0, 0.05) is 11.5 Å². The lowest BCUT2D eigenvalue weighted by molar-refractivity contribution is -0.276. The predicted molar refractivity (Wildman–Crippen MR) is 58.7 cm³/mol. The fourth-order valence-corrected chi connectivity index (χ4v) is 2.04. The van der Waals surface area contributed by atoms with Crippen molar-refractivity contribution in [3.63, 3.8) is 0 Å². The van der Waals surface area contributed by atoms with E-state index in [4.69, 9.17) is 11.6 Å². The molecular formula is C9H4BrClF5NO2. The molecule has 1 rings (SSSR count). The largest absolute Gasteiger partial charge is 0.574 e. The van der Waals surface area contributed by atoms with Gasteiger partial charge in [-0.15, -0.1) is 13.2 Å². The molecule has 1 heterocycles. The fourth-order valence-electron chi connectivity index (χ4n) is 1.27. The van der Waals surface area contributed by atoms with Crippen molar-refractivity contribution in [3.05, 3.63) is 22.9 Å². The van der Waals surface area contributed by atoms with Crippen molar-refractivity contribution >= 4 is 32.8 Å². The second-order valence-corrected chi connectivity index (χ2v) is 4.03. The average Bonchev–Trinajstić information content (AvgIpc) is 2.25. The van der Waals surface area contributed by atoms with Crippen LogP contribution in [0.15, 0.2) is 6.20 Å². The van der Waals surface area contributed by atoms with Gasteiger partial charge in [-0.3, -0.25) is 4.79 Å². The van der Waals surface area contributed by atoms with E-state index in [1.807, 2.05) is 0 Å². The van der Waals surface area contributed by atoms with Gasteiger partial charge in [-0.2, -0.15) is 0 Å². The van der Waals surface area contributed by atoms with E-state index in [1.165, 1.54) is 0 Å². The quantitative estimate of drug-likeness (QED) is 0.454. The van der Waals surface area contributed by atoms with Crippen molar-refractivity contribution in [2.24, 2.45) is 0 Å². The summed E-state index contributed by atoms with van der Waals surface area (Å²) in [5.74, 6) is -1.31. The first kappa shape index (κ1) is 16.1. The Kier molecular flexibility index (Phi) is 5.08. The SMILES string of the molecule is O=C(Cl)c1cnc(OC(F)(F)F)c(C(F)F)c1CBr. The Morgan fingerprint density at radius 3 is 2.42 bits per heavy atom. The van der Waals surface area contributed by atoms with Gasteiger partial charge < -0.3 is 4.74 Å². The van der Waals surface area contributed by atoms with Gasteiger partial charge in [-0.05, 0) is 17.2 Å². The summed E-state index contributed by atoms with van der Waals surface area (Å²) < 4.78 is 65.3. The Balaban J connectivity index is 3.46. The molecule has 0 aliphatic rings. The van der Waals surface area contributed by atoms with E-state index in [0.717, 1.165) is 0 Å². The molecule has 0 unspecified atom stereocenters. The summed E-state index contributed by atoms with van der Waals surface area (Å²) in [6.45, 7) is 0. The molecule has 0 spiro atoms. The average molecular weight is 368 g/mol. The number of nitrogens with zero attached hydrogens (tertiary/aromatic N) is 1. The van der Waals surface area contributed by atoms with E-state index in [1.54, 1.807) is 0 Å². The van der Waals surface area contributed by atoms with Crippen molar-refractivity contribution in [2.75, 3.05) is 0 Å². The lowest BCUT2D eigenvalue weighted by Gasteiger charge is -2.15. The van der Waals surface area contributed by atoms with E-state index in [2.05, 4.69) is 25.7 Å². The van der Waals surface area contributed by atoms with Gasteiger partial charge in [-0.25, -0.2) is 13.8 Å². The third-order valence-corrected chi connectivity index (χ3v) is 2.73. The first-order valence-electron chi connectivity index (χ1n) is 4.48. The normalized spacial score (nSPS) is 11.8. The maximum Gasteiger partial charge on any atom is 0.574 e. The predicted octanol–water partition coefficient (Wildman–Crippen LogP) is 4.19. The van der Waals surface area contributed by atoms with Crippen LogP contribution in [0.4, 0.5) is 22.0 Å². The fraction of sp³-hybridized carbons (Fsp3) is 0.333. The zero-order valence-electron chi connectivity index (χ0n) is 8.77. The molecule has 106 valence electrons. The summed E-state index contributed by atoms with van der Waals surface area (Å²) in [7, 11) is 0. The minimum Gasteiger partial charge on any atom is -0.387 e. The Bertz CT molecular complexity index is 494. The number of rotatable bonds is 4. The van der Waals surface area contributed by atoms with Gasteiger partial charge in [0.15, 0.2) is 0 Å². The number of alkyl halides is 6. The van der Waals surface area contributed by atoms with Crippen LogP contribution >= 0.6 is 27.5 Å². The number of ether oxygens (including phenoxy) is 1. The monoisotopic (exact) mass is 367 g/mol. The Morgan fingerprint density at radius 2 is 2.05 bits per heavy atom. The van der Waals surface area contributed by atoms with E-state index >= 15 is 0 Å². The number of hydrogen-bond acceptors (Lipinski definition) is 3. The van der Waals surface area contributed by atoms with Gasteiger partial charge in [0.2, 0.25) is 5.88 Å². The number of halogens is 7. The number of carbonyl (C=O) groups is 1. The van der Waals surface area contributed by atoms with Crippen LogP contribution in [-0.2, 0) is 5.33 Å². The summed E-state index contributed by atoms with van der Waals surface area (Å²) in [6, 6.07) is 0. The van der Waals surface area contributed by atoms with Gasteiger partial charge in [0.05, 0.1) is 11.1 Å². The molecule has 10 heteroatoms. The van der Waals surface area contributed by atoms with Crippen LogP contribution in [0.2, 0.25) is 0 Å². The smallest absolute Gasteiger partial charge is 0.387 e. The molecule has 0 radical (unpaired) electrons. The molecule has 0 N–H and O–H groups in total. The summed E-state index contributed by atoms with van der Waals surface area (Å²) in [6.07, 6.45) is -7.83. The molecule has 3 nitrogen and oxygen atoms in total. The van der Waals surface area contributed by atoms with Gasteiger partial charge >= 0.3 is 6.36 Å². The first-order chi connectivity index (χ1) is 8.67. The van der Waals surface area contributed by atoms with E-state index < -0.39 is 40.6 Å². The second-order valence-electron chi connectivity index (χ2n) is 3.13. The van der Waals surface area contributed by atoms with Crippen LogP contribution in [0.1, 0.15) is 27.9 Å².